The van der Waals surface area contributed by atoms with Gasteiger partial charge >= 0.3 is 0 Å². The van der Waals surface area contributed by atoms with Crippen LogP contribution < -0.4 is 4.74 Å². The first-order chi connectivity index (χ1) is 10.3. The molecule has 122 valence electrons. The van der Waals surface area contributed by atoms with Crippen LogP contribution >= 0.6 is 0 Å². The second-order valence-corrected chi connectivity index (χ2v) is 6.97. The van der Waals surface area contributed by atoms with Gasteiger partial charge in [0.05, 0.1) is 11.7 Å². The fourth-order valence-electron chi connectivity index (χ4n) is 2.83. The van der Waals surface area contributed by atoms with Gasteiger partial charge in [-0.15, -0.1) is 0 Å². The Hall–Kier alpha value is -1.55. The lowest BCUT2D eigenvalue weighted by Gasteiger charge is -2.41. The lowest BCUT2D eigenvalue weighted by atomic mass is 10.0. The summed E-state index contributed by atoms with van der Waals surface area (Å²) >= 11 is 0. The fourth-order valence-corrected chi connectivity index (χ4v) is 2.83. The van der Waals surface area contributed by atoms with E-state index in [1.807, 2.05) is 49.9 Å². The highest BCUT2D eigenvalue weighted by atomic mass is 16.5. The maximum absolute atomic E-state index is 12.3. The predicted molar refractivity (Wildman–Crippen MR) is 87.2 cm³/mol. The lowest BCUT2D eigenvalue weighted by molar-refractivity contribution is -0.159. The molecule has 1 aliphatic rings. The SMILES string of the molecule is CC(C)c1ccc(OCC(=O)N2C[C@@H](C)OC(C)(C)C2)cc1. The van der Waals surface area contributed by atoms with E-state index in [-0.39, 0.29) is 24.2 Å². The molecule has 1 saturated heterocycles. The molecule has 1 aromatic carbocycles. The van der Waals surface area contributed by atoms with E-state index < -0.39 is 0 Å². The molecule has 0 radical (unpaired) electrons. The number of carbonyl (C=O) groups is 1. The van der Waals surface area contributed by atoms with Crippen molar-refractivity contribution in [1.82, 2.24) is 4.90 Å². The molecule has 1 heterocycles. The number of hydrogen-bond donors (Lipinski definition) is 0. The smallest absolute Gasteiger partial charge is 0.260 e. The van der Waals surface area contributed by atoms with Crippen LogP contribution in [0.25, 0.3) is 0 Å². The van der Waals surface area contributed by atoms with Crippen LogP contribution in [0.15, 0.2) is 24.3 Å². The molecule has 1 atom stereocenters. The minimum Gasteiger partial charge on any atom is -0.484 e. The summed E-state index contributed by atoms with van der Waals surface area (Å²) in [6.45, 7) is 11.6. The molecule has 1 amide bonds. The second kappa shape index (κ2) is 6.69. The third kappa shape index (κ3) is 4.47. The second-order valence-electron chi connectivity index (χ2n) is 6.97. The molecular formula is C18H27NO3. The molecule has 22 heavy (non-hydrogen) atoms. The third-order valence-electron chi connectivity index (χ3n) is 3.83. The fraction of sp³-hybridized carbons (Fsp3) is 0.611. The number of nitrogens with zero attached hydrogens (tertiary/aromatic N) is 1. The van der Waals surface area contributed by atoms with Crippen LogP contribution in [0.2, 0.25) is 0 Å². The molecule has 2 rings (SSSR count). The summed E-state index contributed by atoms with van der Waals surface area (Å²) in [4.78, 5) is 14.2. The van der Waals surface area contributed by atoms with Crippen molar-refractivity contribution in [1.29, 1.82) is 0 Å². The zero-order valence-corrected chi connectivity index (χ0v) is 14.3. The van der Waals surface area contributed by atoms with Crippen LogP contribution in [0, 0.1) is 0 Å². The van der Waals surface area contributed by atoms with E-state index in [1.54, 1.807) is 0 Å². The number of ether oxygens (including phenoxy) is 2. The van der Waals surface area contributed by atoms with E-state index in [0.29, 0.717) is 19.0 Å². The number of hydrogen-bond acceptors (Lipinski definition) is 3. The number of morpholine rings is 1. The predicted octanol–water partition coefficient (Wildman–Crippen LogP) is 3.21. The van der Waals surface area contributed by atoms with E-state index in [4.69, 9.17) is 9.47 Å². The molecule has 4 heteroatoms. The largest absolute Gasteiger partial charge is 0.484 e. The van der Waals surface area contributed by atoms with E-state index >= 15 is 0 Å². The Morgan fingerprint density at radius 2 is 2.00 bits per heavy atom. The molecular weight excluding hydrogens is 278 g/mol. The highest BCUT2D eigenvalue weighted by Crippen LogP contribution is 2.21. The van der Waals surface area contributed by atoms with Gasteiger partial charge in [0.25, 0.3) is 5.91 Å². The lowest BCUT2D eigenvalue weighted by Crippen LogP contribution is -2.54. The van der Waals surface area contributed by atoms with Crippen LogP contribution in [0.5, 0.6) is 5.75 Å². The van der Waals surface area contributed by atoms with Crippen molar-refractivity contribution in [2.24, 2.45) is 0 Å². The van der Waals surface area contributed by atoms with Crippen molar-refractivity contribution in [3.8, 4) is 5.75 Å². The molecule has 0 bridgehead atoms. The Labute approximate surface area is 133 Å². The van der Waals surface area contributed by atoms with Crippen molar-refractivity contribution in [2.75, 3.05) is 19.7 Å². The van der Waals surface area contributed by atoms with Crippen molar-refractivity contribution in [2.45, 2.75) is 52.2 Å². The molecule has 0 aliphatic carbocycles. The first-order valence-corrected chi connectivity index (χ1v) is 7.95. The highest BCUT2D eigenvalue weighted by Gasteiger charge is 2.33. The van der Waals surface area contributed by atoms with Gasteiger partial charge in [0.1, 0.15) is 5.75 Å². The monoisotopic (exact) mass is 305 g/mol. The van der Waals surface area contributed by atoms with Crippen LogP contribution in [-0.4, -0.2) is 42.2 Å². The van der Waals surface area contributed by atoms with Crippen LogP contribution in [0.3, 0.4) is 0 Å². The topological polar surface area (TPSA) is 38.8 Å². The zero-order chi connectivity index (χ0) is 16.3. The van der Waals surface area contributed by atoms with E-state index in [2.05, 4.69) is 13.8 Å². The van der Waals surface area contributed by atoms with Gasteiger partial charge in [-0.05, 0) is 44.4 Å². The van der Waals surface area contributed by atoms with Crippen LogP contribution in [-0.2, 0) is 9.53 Å². The first-order valence-electron chi connectivity index (χ1n) is 7.95. The quantitative estimate of drug-likeness (QED) is 0.857. The van der Waals surface area contributed by atoms with Gasteiger partial charge in [-0.3, -0.25) is 4.79 Å². The van der Waals surface area contributed by atoms with Gasteiger partial charge in [0, 0.05) is 13.1 Å². The molecule has 1 aliphatic heterocycles. The van der Waals surface area contributed by atoms with E-state index in [0.717, 1.165) is 5.75 Å². The van der Waals surface area contributed by atoms with Gasteiger partial charge in [-0.2, -0.15) is 0 Å². The number of amides is 1. The maximum Gasteiger partial charge on any atom is 0.260 e. The van der Waals surface area contributed by atoms with Crippen molar-refractivity contribution >= 4 is 5.91 Å². The minimum atomic E-state index is -0.299. The van der Waals surface area contributed by atoms with Gasteiger partial charge in [0.2, 0.25) is 0 Å². The zero-order valence-electron chi connectivity index (χ0n) is 14.3. The first kappa shape index (κ1) is 16.8. The minimum absolute atomic E-state index is 0.0103. The van der Waals surface area contributed by atoms with Crippen LogP contribution in [0.4, 0.5) is 0 Å². The highest BCUT2D eigenvalue weighted by molar-refractivity contribution is 5.78. The molecule has 0 aromatic heterocycles. The van der Waals surface area contributed by atoms with E-state index in [1.165, 1.54) is 5.56 Å². The Balaban J connectivity index is 1.89. The molecule has 4 nitrogen and oxygen atoms in total. The standard InChI is InChI=1S/C18H27NO3/c1-13(2)15-6-8-16(9-7-15)21-11-17(20)19-10-14(3)22-18(4,5)12-19/h6-9,13-14H,10-12H2,1-5H3/t14-/m1/s1. The van der Waals surface area contributed by atoms with Crippen molar-refractivity contribution in [3.63, 3.8) is 0 Å². The summed E-state index contributed by atoms with van der Waals surface area (Å²) in [5, 5.41) is 0. The van der Waals surface area contributed by atoms with Gasteiger partial charge < -0.3 is 14.4 Å². The Kier molecular flexibility index (Phi) is 5.12. The summed E-state index contributed by atoms with van der Waals surface area (Å²) in [7, 11) is 0. The van der Waals surface area contributed by atoms with Crippen molar-refractivity contribution < 1.29 is 14.3 Å². The Morgan fingerprint density at radius 3 is 2.55 bits per heavy atom. The summed E-state index contributed by atoms with van der Waals surface area (Å²) < 4.78 is 11.4. The molecule has 0 spiro atoms. The van der Waals surface area contributed by atoms with Crippen molar-refractivity contribution in [3.05, 3.63) is 29.8 Å². The molecule has 0 N–H and O–H groups in total. The Bertz CT molecular complexity index is 508. The van der Waals surface area contributed by atoms with Gasteiger partial charge in [0.15, 0.2) is 6.61 Å². The molecule has 1 aromatic rings. The van der Waals surface area contributed by atoms with E-state index in [9.17, 15) is 4.79 Å². The van der Waals surface area contributed by atoms with Gasteiger partial charge in [-0.25, -0.2) is 0 Å². The number of benzene rings is 1. The molecule has 0 unspecified atom stereocenters. The maximum atomic E-state index is 12.3. The summed E-state index contributed by atoms with van der Waals surface area (Å²) in [5.41, 5.74) is 0.967. The summed E-state index contributed by atoms with van der Waals surface area (Å²) in [6.07, 6.45) is 0.0537. The average Bonchev–Trinajstić information content (AvgIpc) is 2.43. The summed E-state index contributed by atoms with van der Waals surface area (Å²) in [6, 6.07) is 7.94. The third-order valence-corrected chi connectivity index (χ3v) is 3.83. The molecule has 1 fully saturated rings. The molecule has 0 saturated carbocycles. The normalized spacial score (nSPS) is 21.0. The number of carbonyl (C=O) groups excluding carboxylic acids is 1. The van der Waals surface area contributed by atoms with Crippen LogP contribution in [0.1, 0.15) is 46.1 Å². The van der Waals surface area contributed by atoms with Gasteiger partial charge in [-0.1, -0.05) is 26.0 Å². The Morgan fingerprint density at radius 1 is 1.36 bits per heavy atom. The number of rotatable bonds is 4. The average molecular weight is 305 g/mol. The summed E-state index contributed by atoms with van der Waals surface area (Å²) in [5.74, 6) is 1.24.